The van der Waals surface area contributed by atoms with Crippen LogP contribution < -0.4 is 10.6 Å². The van der Waals surface area contributed by atoms with Gasteiger partial charge in [0.25, 0.3) is 5.91 Å². The molecule has 3 aliphatic heterocycles. The fraction of sp³-hybridized carbons (Fsp3) is 0.292. The molecule has 0 radical (unpaired) electrons. The Bertz CT molecular complexity index is 1310. The zero-order valence-corrected chi connectivity index (χ0v) is 17.9. The number of benzene rings is 2. The van der Waals surface area contributed by atoms with E-state index in [1.54, 1.807) is 15.6 Å². The monoisotopic (exact) mass is 442 g/mol. The number of aryl methyl sites for hydroxylation is 1. The van der Waals surface area contributed by atoms with Crippen LogP contribution in [0.25, 0.3) is 16.9 Å². The Morgan fingerprint density at radius 3 is 2.79 bits per heavy atom. The van der Waals surface area contributed by atoms with E-state index in [2.05, 4.69) is 33.1 Å². The maximum Gasteiger partial charge on any atom is 0.255 e. The number of piperidine rings is 1. The Morgan fingerprint density at radius 1 is 1.00 bits per heavy atom. The van der Waals surface area contributed by atoms with Crippen LogP contribution in [0.5, 0.6) is 0 Å². The summed E-state index contributed by atoms with van der Waals surface area (Å²) in [4.78, 5) is 38.2. The number of fused-ring (bicyclic) bond motifs is 2. The Labute approximate surface area is 189 Å². The van der Waals surface area contributed by atoms with Crippen molar-refractivity contribution in [3.05, 3.63) is 59.3 Å². The quantitative estimate of drug-likeness (QED) is 0.601. The van der Waals surface area contributed by atoms with Gasteiger partial charge in [0, 0.05) is 36.3 Å². The van der Waals surface area contributed by atoms with Crippen molar-refractivity contribution < 1.29 is 14.4 Å². The summed E-state index contributed by atoms with van der Waals surface area (Å²) in [5.41, 5.74) is 6.37. The van der Waals surface area contributed by atoms with Crippen LogP contribution in [0, 0.1) is 0 Å². The van der Waals surface area contributed by atoms with E-state index in [1.807, 2.05) is 24.4 Å². The molecule has 3 amide bonds. The minimum atomic E-state index is -0.621. The molecule has 9 heteroatoms. The van der Waals surface area contributed by atoms with E-state index in [9.17, 15) is 14.4 Å². The topological polar surface area (TPSA) is 109 Å². The SMILES string of the molecule is O=C1CCC(N2Cc3cc(-c4cn(-c5ccc6c(c5)NCCC6)nn4)ccc3C2=O)C(=O)N1. The van der Waals surface area contributed by atoms with Gasteiger partial charge in [0.2, 0.25) is 11.8 Å². The zero-order valence-electron chi connectivity index (χ0n) is 17.9. The molecular formula is C24H22N6O3. The van der Waals surface area contributed by atoms with Crippen LogP contribution in [-0.4, -0.2) is 50.2 Å². The molecule has 0 bridgehead atoms. The molecule has 2 N–H and O–H groups in total. The Kier molecular flexibility index (Phi) is 4.49. The standard InChI is InChI=1S/C24H22N6O3/c31-22-8-7-21(23(32)26-22)29-12-16-10-15(4-6-18(16)24(29)33)20-13-30(28-27-20)17-5-3-14-2-1-9-25-19(14)11-17/h3-6,10-11,13,21,25H,1-2,7-9,12H2,(H,26,31,32). The lowest BCUT2D eigenvalue weighted by atomic mass is 10.0. The summed E-state index contributed by atoms with van der Waals surface area (Å²) in [7, 11) is 0. The molecule has 1 unspecified atom stereocenters. The molecule has 1 saturated heterocycles. The Hall–Kier alpha value is -4.01. The molecule has 166 valence electrons. The summed E-state index contributed by atoms with van der Waals surface area (Å²) in [6, 6.07) is 11.2. The number of hydrogen-bond donors (Lipinski definition) is 2. The highest BCUT2D eigenvalue weighted by Gasteiger charge is 2.39. The second kappa shape index (κ2) is 7.54. The van der Waals surface area contributed by atoms with E-state index in [0.29, 0.717) is 24.2 Å². The van der Waals surface area contributed by atoms with Crippen LogP contribution in [0.15, 0.2) is 42.6 Å². The van der Waals surface area contributed by atoms with Gasteiger partial charge in [-0.25, -0.2) is 4.68 Å². The van der Waals surface area contributed by atoms with Crippen LogP contribution in [0.2, 0.25) is 0 Å². The molecular weight excluding hydrogens is 420 g/mol. The summed E-state index contributed by atoms with van der Waals surface area (Å²) in [6.07, 6.45) is 4.68. The van der Waals surface area contributed by atoms with Crippen LogP contribution in [0.4, 0.5) is 5.69 Å². The number of nitrogens with zero attached hydrogens (tertiary/aromatic N) is 4. The van der Waals surface area contributed by atoms with Crippen molar-refractivity contribution in [3.8, 4) is 16.9 Å². The van der Waals surface area contributed by atoms with Crippen LogP contribution in [0.3, 0.4) is 0 Å². The van der Waals surface area contributed by atoms with Gasteiger partial charge in [-0.2, -0.15) is 0 Å². The van der Waals surface area contributed by atoms with Crippen molar-refractivity contribution in [1.82, 2.24) is 25.2 Å². The van der Waals surface area contributed by atoms with Crippen molar-refractivity contribution in [2.45, 2.75) is 38.3 Å². The number of anilines is 1. The zero-order chi connectivity index (χ0) is 22.5. The summed E-state index contributed by atoms with van der Waals surface area (Å²) in [5, 5.41) is 14.4. The molecule has 2 aromatic carbocycles. The first-order valence-electron chi connectivity index (χ1n) is 11.1. The lowest BCUT2D eigenvalue weighted by Crippen LogP contribution is -2.52. The van der Waals surface area contributed by atoms with Crippen molar-refractivity contribution in [2.75, 3.05) is 11.9 Å². The van der Waals surface area contributed by atoms with Gasteiger partial charge in [0.15, 0.2) is 0 Å². The summed E-state index contributed by atoms with van der Waals surface area (Å²) in [5.74, 6) is -0.883. The van der Waals surface area contributed by atoms with Gasteiger partial charge in [-0.15, -0.1) is 5.10 Å². The van der Waals surface area contributed by atoms with Crippen LogP contribution in [0.1, 0.15) is 40.7 Å². The normalized spacial score (nSPS) is 19.7. The maximum absolute atomic E-state index is 12.9. The first-order valence-corrected chi connectivity index (χ1v) is 11.1. The molecule has 0 spiro atoms. The molecule has 6 rings (SSSR count). The number of carbonyl (C=O) groups is 3. The van der Waals surface area contributed by atoms with E-state index in [0.717, 1.165) is 41.9 Å². The van der Waals surface area contributed by atoms with Crippen LogP contribution in [-0.2, 0) is 22.6 Å². The third kappa shape index (κ3) is 3.36. The van der Waals surface area contributed by atoms with E-state index < -0.39 is 11.9 Å². The lowest BCUT2D eigenvalue weighted by molar-refractivity contribution is -0.136. The molecule has 9 nitrogen and oxygen atoms in total. The molecule has 1 atom stereocenters. The van der Waals surface area contributed by atoms with Crippen molar-refractivity contribution >= 4 is 23.4 Å². The van der Waals surface area contributed by atoms with E-state index in [-0.39, 0.29) is 18.2 Å². The number of rotatable bonds is 3. The fourth-order valence-electron chi connectivity index (χ4n) is 4.85. The Morgan fingerprint density at radius 2 is 1.91 bits per heavy atom. The number of aromatic nitrogens is 3. The number of amides is 3. The van der Waals surface area contributed by atoms with Gasteiger partial charge >= 0.3 is 0 Å². The van der Waals surface area contributed by atoms with Crippen molar-refractivity contribution in [2.24, 2.45) is 0 Å². The average molecular weight is 442 g/mol. The van der Waals surface area contributed by atoms with Gasteiger partial charge in [-0.05, 0) is 54.7 Å². The largest absolute Gasteiger partial charge is 0.385 e. The second-order valence-corrected chi connectivity index (χ2v) is 8.69. The van der Waals surface area contributed by atoms with Gasteiger partial charge < -0.3 is 10.2 Å². The predicted molar refractivity (Wildman–Crippen MR) is 120 cm³/mol. The number of hydrogen-bond acceptors (Lipinski definition) is 6. The van der Waals surface area contributed by atoms with Crippen LogP contribution >= 0.6 is 0 Å². The average Bonchev–Trinajstić information content (AvgIpc) is 3.44. The number of nitrogens with one attached hydrogen (secondary N) is 2. The van der Waals surface area contributed by atoms with Gasteiger partial charge in [0.05, 0.1) is 11.9 Å². The molecule has 1 fully saturated rings. The maximum atomic E-state index is 12.9. The predicted octanol–water partition coefficient (Wildman–Crippen LogP) is 2.05. The minimum absolute atomic E-state index is 0.184. The molecule has 3 aliphatic rings. The second-order valence-electron chi connectivity index (χ2n) is 8.69. The number of imide groups is 1. The highest BCUT2D eigenvalue weighted by atomic mass is 16.2. The smallest absolute Gasteiger partial charge is 0.255 e. The molecule has 0 aliphatic carbocycles. The third-order valence-electron chi connectivity index (χ3n) is 6.61. The van der Waals surface area contributed by atoms with Crippen molar-refractivity contribution in [3.63, 3.8) is 0 Å². The van der Waals surface area contributed by atoms with E-state index >= 15 is 0 Å². The first-order chi connectivity index (χ1) is 16.1. The van der Waals surface area contributed by atoms with Gasteiger partial charge in [0.1, 0.15) is 11.7 Å². The highest BCUT2D eigenvalue weighted by molar-refractivity contribution is 6.05. The summed E-state index contributed by atoms with van der Waals surface area (Å²) >= 11 is 0. The molecule has 4 heterocycles. The molecule has 3 aromatic rings. The minimum Gasteiger partial charge on any atom is -0.385 e. The molecule has 33 heavy (non-hydrogen) atoms. The molecule has 0 saturated carbocycles. The molecule has 1 aromatic heterocycles. The lowest BCUT2D eigenvalue weighted by Gasteiger charge is -2.29. The van der Waals surface area contributed by atoms with E-state index in [4.69, 9.17) is 0 Å². The third-order valence-corrected chi connectivity index (χ3v) is 6.61. The number of carbonyl (C=O) groups excluding carboxylic acids is 3. The van der Waals surface area contributed by atoms with E-state index in [1.165, 1.54) is 5.56 Å². The van der Waals surface area contributed by atoms with Gasteiger partial charge in [-0.3, -0.25) is 19.7 Å². The summed E-state index contributed by atoms with van der Waals surface area (Å²) in [6.45, 7) is 1.31. The fourth-order valence-corrected chi connectivity index (χ4v) is 4.85. The first kappa shape index (κ1) is 19.7. The summed E-state index contributed by atoms with van der Waals surface area (Å²) < 4.78 is 1.75. The Balaban J connectivity index is 1.25. The highest BCUT2D eigenvalue weighted by Crippen LogP contribution is 2.31. The van der Waals surface area contributed by atoms with Crippen molar-refractivity contribution in [1.29, 1.82) is 0 Å². The van der Waals surface area contributed by atoms with Gasteiger partial charge in [-0.1, -0.05) is 17.3 Å².